The van der Waals surface area contributed by atoms with Crippen LogP contribution in [-0.4, -0.2) is 180 Å². The predicted molar refractivity (Wildman–Crippen MR) is 315 cm³/mol. The lowest BCUT2D eigenvalue weighted by Crippen LogP contribution is -2.61. The molecule has 0 aliphatic rings. The third-order valence-electron chi connectivity index (χ3n) is 13.7. The molecule has 32 nitrogen and oxygen atoms in total. The van der Waals surface area contributed by atoms with Gasteiger partial charge in [-0.05, 0) is 82.7 Å². The number of hydrogen-bond donors (Lipinski definition) is 20. The summed E-state index contributed by atoms with van der Waals surface area (Å²) >= 11 is 0. The van der Waals surface area contributed by atoms with Crippen molar-refractivity contribution in [2.45, 2.75) is 180 Å². The maximum Gasteiger partial charge on any atom is 0.305 e. The number of rotatable bonds is 41. The number of amides is 11. The Morgan fingerprint density at radius 1 is 0.488 bits per heavy atom. The molecule has 12 atom stereocenters. The Balaban J connectivity index is 3.46. The summed E-state index contributed by atoms with van der Waals surface area (Å²) in [5, 5.41) is 65.1. The predicted octanol–water partition coefficient (Wildman–Crippen LogP) is -5.16. The standard InChI is InChI=1S/C54H92N18O14/c1-8-28(3)41(43(56)77)71-49(83)37(25-33-17-11-10-12-18-33)69-52(86)42(29(4)9-2)72-50(84)38(26-40(75)76)68-45(79)31(6)64-51(85)39(27-73)70-48(82)36(21-16-24-62-54(59)60)67-47(81)35(20-15-23-61-53(57)58)66-46(80)34(19-13-14-22-55)65-44(78)30(5)63-32(7)74/h10-12,17-18,28-31,34-39,41-42,73H,8-9,13-16,19-27,55H2,1-7H3,(H2,56,77)(H,63,74)(H,64,85)(H,65,78)(H,66,80)(H,67,81)(H,68,79)(H,69,86)(H,70,82)(H,71,83)(H,72,84)(H,75,76)(H4,57,58,61)(H4,59,60,62)/t28-,29-,30-,31-,34-,35-,36-,37-,38-,39-,41-,42-/m0/s1. The van der Waals surface area contributed by atoms with Crippen LogP contribution >= 0.6 is 0 Å². The van der Waals surface area contributed by atoms with Crippen molar-refractivity contribution in [2.75, 3.05) is 26.2 Å². The van der Waals surface area contributed by atoms with Crippen LogP contribution in [0.25, 0.3) is 0 Å². The van der Waals surface area contributed by atoms with Gasteiger partial charge in [-0.2, -0.15) is 0 Å². The van der Waals surface area contributed by atoms with Crippen molar-refractivity contribution in [3.63, 3.8) is 0 Å². The number of carboxylic acid groups (broad SMARTS) is 1. The van der Waals surface area contributed by atoms with Gasteiger partial charge >= 0.3 is 5.97 Å². The van der Waals surface area contributed by atoms with Crippen LogP contribution in [-0.2, 0) is 64.0 Å². The van der Waals surface area contributed by atoms with E-state index in [0.29, 0.717) is 24.8 Å². The number of carbonyl (C=O) groups excluding carboxylic acids is 11. The summed E-state index contributed by atoms with van der Waals surface area (Å²) in [6.45, 7) is 9.82. The molecule has 1 rings (SSSR count). The number of carboxylic acids is 1. The zero-order chi connectivity index (χ0) is 65.2. The quantitative estimate of drug-likeness (QED) is 0.0166. The maximum atomic E-state index is 14.2. The van der Waals surface area contributed by atoms with Gasteiger partial charge in [-0.3, -0.25) is 68.4 Å². The van der Waals surface area contributed by atoms with Gasteiger partial charge in [0.15, 0.2) is 11.9 Å². The fourth-order valence-electron chi connectivity index (χ4n) is 8.36. The molecule has 0 saturated heterocycles. The molecule has 0 saturated carbocycles. The minimum Gasteiger partial charge on any atom is -0.481 e. The topological polar surface area (TPSA) is 541 Å². The van der Waals surface area contributed by atoms with Gasteiger partial charge in [0.2, 0.25) is 65.0 Å². The van der Waals surface area contributed by atoms with Crippen molar-refractivity contribution < 1.29 is 67.7 Å². The molecule has 86 heavy (non-hydrogen) atoms. The number of primary amides is 1. The highest BCUT2D eigenvalue weighted by atomic mass is 16.4. The van der Waals surface area contributed by atoms with Crippen LogP contribution in [0.3, 0.4) is 0 Å². The van der Waals surface area contributed by atoms with Crippen LogP contribution in [0.1, 0.15) is 118 Å². The van der Waals surface area contributed by atoms with Crippen LogP contribution in [0.5, 0.6) is 0 Å². The zero-order valence-electron chi connectivity index (χ0n) is 50.0. The Morgan fingerprint density at radius 3 is 1.33 bits per heavy atom. The zero-order valence-corrected chi connectivity index (χ0v) is 50.0. The van der Waals surface area contributed by atoms with Gasteiger partial charge in [-0.25, -0.2) is 0 Å². The number of nitrogens with one attached hydrogen (secondary N) is 14. The number of aliphatic hydroxyl groups is 1. The SMILES string of the molecule is CC[C@H](C)[C@H](NC(=O)[C@H](Cc1ccccc1)NC(=O)[C@@H](NC(=O)[C@H](CC(=O)O)NC(=O)[C@H](C)NC(=O)[C@H](CO)NC(=O)[C@H](CCCNC(=N)N)NC(=O)[C@H](CCCNC(=N)N)NC(=O)[C@H](CCCCN)NC(=O)[C@H](C)NC(C)=O)[C@@H](C)CC)C(N)=O. The first-order valence-corrected chi connectivity index (χ1v) is 28.5. The Bertz CT molecular complexity index is 2470. The van der Waals surface area contributed by atoms with Crippen molar-refractivity contribution in [1.82, 2.24) is 63.8 Å². The molecule has 0 heterocycles. The number of unbranched alkanes of at least 4 members (excludes halogenated alkanes) is 1. The summed E-state index contributed by atoms with van der Waals surface area (Å²) in [5.74, 6) is -13.2. The summed E-state index contributed by atoms with van der Waals surface area (Å²) < 4.78 is 0. The summed E-state index contributed by atoms with van der Waals surface area (Å²) in [4.78, 5) is 160. The molecule has 24 N–H and O–H groups in total. The normalized spacial score (nSPS) is 15.1. The van der Waals surface area contributed by atoms with Crippen LogP contribution in [0, 0.1) is 22.7 Å². The molecule has 1 aromatic carbocycles. The summed E-state index contributed by atoms with van der Waals surface area (Å²) in [6, 6.07) is -5.74. The molecule has 0 bridgehead atoms. The third-order valence-corrected chi connectivity index (χ3v) is 13.7. The van der Waals surface area contributed by atoms with Gasteiger partial charge in [-0.15, -0.1) is 0 Å². The van der Waals surface area contributed by atoms with E-state index in [2.05, 4.69) is 63.8 Å². The first kappa shape index (κ1) is 75.3. The monoisotopic (exact) mass is 1220 g/mol. The molecule has 32 heteroatoms. The lowest BCUT2D eigenvalue weighted by atomic mass is 9.95. The number of aliphatic carboxylic acids is 1. The summed E-state index contributed by atoms with van der Waals surface area (Å²) in [5.41, 5.74) is 22.7. The molecule has 482 valence electrons. The molecule has 0 aliphatic carbocycles. The van der Waals surface area contributed by atoms with Gasteiger partial charge in [0.25, 0.3) is 0 Å². The van der Waals surface area contributed by atoms with E-state index in [9.17, 15) is 67.7 Å². The summed E-state index contributed by atoms with van der Waals surface area (Å²) in [7, 11) is 0. The van der Waals surface area contributed by atoms with Crippen molar-refractivity contribution in [3.05, 3.63) is 35.9 Å². The molecule has 0 unspecified atom stereocenters. The van der Waals surface area contributed by atoms with E-state index in [-0.39, 0.29) is 76.5 Å². The van der Waals surface area contributed by atoms with Crippen molar-refractivity contribution in [3.8, 4) is 0 Å². The molecule has 0 fully saturated rings. The van der Waals surface area contributed by atoms with Gasteiger partial charge in [-0.1, -0.05) is 70.9 Å². The molecule has 0 aromatic heterocycles. The van der Waals surface area contributed by atoms with E-state index in [0.717, 1.165) is 6.92 Å². The van der Waals surface area contributed by atoms with E-state index in [1.807, 2.05) is 0 Å². The third kappa shape index (κ3) is 28.7. The average molecular weight is 1220 g/mol. The Hall–Kier alpha value is -8.68. The van der Waals surface area contributed by atoms with Gasteiger partial charge in [0.1, 0.15) is 60.4 Å². The number of benzene rings is 1. The van der Waals surface area contributed by atoms with Gasteiger partial charge in [0.05, 0.1) is 13.0 Å². The highest BCUT2D eigenvalue weighted by Crippen LogP contribution is 2.14. The number of guanidine groups is 2. The van der Waals surface area contributed by atoms with Crippen LogP contribution < -0.4 is 86.7 Å². The van der Waals surface area contributed by atoms with Gasteiger partial charge < -0.3 is 96.9 Å². The first-order chi connectivity index (χ1) is 40.5. The van der Waals surface area contributed by atoms with Crippen LogP contribution in [0.4, 0.5) is 0 Å². The fourth-order valence-corrected chi connectivity index (χ4v) is 8.36. The molecule has 0 spiro atoms. The van der Waals surface area contributed by atoms with E-state index in [4.69, 9.17) is 33.8 Å². The van der Waals surface area contributed by atoms with Gasteiger partial charge in [0, 0.05) is 26.4 Å². The second-order valence-corrected chi connectivity index (χ2v) is 20.9. The smallest absolute Gasteiger partial charge is 0.305 e. The molecule has 0 aliphatic heterocycles. The lowest BCUT2D eigenvalue weighted by molar-refractivity contribution is -0.142. The number of carbonyl (C=O) groups is 12. The van der Waals surface area contributed by atoms with Crippen molar-refractivity contribution in [1.29, 1.82) is 10.8 Å². The number of nitrogens with two attached hydrogens (primary N) is 4. The second kappa shape index (κ2) is 39.8. The Kier molecular flexibility index (Phi) is 34.9. The Morgan fingerprint density at radius 2 is 0.884 bits per heavy atom. The lowest BCUT2D eigenvalue weighted by Gasteiger charge is -2.29. The van der Waals surface area contributed by atoms with E-state index in [1.165, 1.54) is 13.8 Å². The molecular weight excluding hydrogens is 1120 g/mol. The molecular formula is C54H92N18O14. The minimum atomic E-state index is -1.87. The van der Waals surface area contributed by atoms with Crippen molar-refractivity contribution in [2.24, 2.45) is 34.8 Å². The number of hydrogen-bond acceptors (Lipinski definition) is 16. The second-order valence-electron chi connectivity index (χ2n) is 20.9. The highest BCUT2D eigenvalue weighted by Gasteiger charge is 2.37. The largest absolute Gasteiger partial charge is 0.481 e. The molecule has 11 amide bonds. The first-order valence-electron chi connectivity index (χ1n) is 28.5. The fraction of sp³-hybridized carbons (Fsp3) is 0.630. The summed E-state index contributed by atoms with van der Waals surface area (Å²) in [6.07, 6.45) is 0.443. The molecule has 0 radical (unpaired) electrons. The number of aliphatic hydroxyl groups excluding tert-OH is 1. The minimum absolute atomic E-state index is 0.0163. The molecule has 1 aromatic rings. The van der Waals surface area contributed by atoms with Crippen LogP contribution in [0.2, 0.25) is 0 Å². The highest BCUT2D eigenvalue weighted by molar-refractivity contribution is 5.99. The van der Waals surface area contributed by atoms with E-state index < -0.39 is 156 Å². The van der Waals surface area contributed by atoms with Crippen molar-refractivity contribution >= 4 is 82.9 Å². The maximum absolute atomic E-state index is 14.2. The van der Waals surface area contributed by atoms with E-state index >= 15 is 0 Å². The Labute approximate surface area is 500 Å². The van der Waals surface area contributed by atoms with Crippen LogP contribution in [0.15, 0.2) is 30.3 Å². The van der Waals surface area contributed by atoms with E-state index in [1.54, 1.807) is 58.0 Å². The average Bonchev–Trinajstić information content (AvgIpc) is 3.67.